The number of hydrogen-bond acceptors (Lipinski definition) is 6. The maximum Gasteiger partial charge on any atom is 0.505 e. The minimum absolute atomic E-state index is 0.0744. The van der Waals surface area contributed by atoms with Gasteiger partial charge in [-0.2, -0.15) is 0 Å². The zero-order valence-electron chi connectivity index (χ0n) is 10.6. The third-order valence-corrected chi connectivity index (χ3v) is 2.42. The van der Waals surface area contributed by atoms with E-state index in [2.05, 4.69) is 4.98 Å². The Kier molecular flexibility index (Phi) is 5.17. The largest absolute Gasteiger partial charge is 0.505 e. The summed E-state index contributed by atoms with van der Waals surface area (Å²) in [7, 11) is 0. The van der Waals surface area contributed by atoms with Crippen molar-refractivity contribution < 1.29 is 19.6 Å². The highest BCUT2D eigenvalue weighted by Gasteiger charge is 2.29. The van der Waals surface area contributed by atoms with E-state index in [1.165, 1.54) is 24.3 Å². The Morgan fingerprint density at radius 1 is 1.45 bits per heavy atom. The summed E-state index contributed by atoms with van der Waals surface area (Å²) in [5.74, 6) is -1.37. The van der Waals surface area contributed by atoms with Crippen LogP contribution in [0.4, 0.5) is 5.69 Å². The van der Waals surface area contributed by atoms with Crippen LogP contribution in [0.5, 0.6) is 0 Å². The van der Waals surface area contributed by atoms with E-state index < -0.39 is 16.6 Å². The first-order valence-corrected chi connectivity index (χ1v) is 5.67. The number of non-ortho nitro benzene ring substituents is 1. The molecule has 0 saturated heterocycles. The van der Waals surface area contributed by atoms with E-state index in [4.69, 9.17) is 10.1 Å². The number of nitrogens with zero attached hydrogens (tertiary/aromatic N) is 3. The number of diazo groups is 1. The molecule has 20 heavy (non-hydrogen) atoms. The Hall–Kier alpha value is -2.95. The molecule has 0 heterocycles. The van der Waals surface area contributed by atoms with Crippen LogP contribution in [0.25, 0.3) is 4.98 Å². The van der Waals surface area contributed by atoms with Crippen LogP contribution in [0.15, 0.2) is 35.7 Å². The Labute approximate surface area is 114 Å². The van der Waals surface area contributed by atoms with E-state index in [1.54, 1.807) is 6.92 Å². The van der Waals surface area contributed by atoms with Crippen molar-refractivity contribution in [2.75, 3.05) is 0 Å². The molecule has 0 aliphatic carbocycles. The quantitative estimate of drug-likeness (QED) is 0.221. The van der Waals surface area contributed by atoms with Crippen LogP contribution in [-0.2, 0) is 16.1 Å². The van der Waals surface area contributed by atoms with Gasteiger partial charge in [0.1, 0.15) is 6.61 Å². The van der Waals surface area contributed by atoms with Crippen LogP contribution in [0.1, 0.15) is 18.9 Å². The molecule has 0 bridgehead atoms. The average Bonchev–Trinajstić information content (AvgIpc) is 2.46. The fourth-order valence-electron chi connectivity index (χ4n) is 1.31. The molecule has 0 aromatic heterocycles. The SMILES string of the molecule is CC/C(O)=C(\[N+]#N)C(=O)OCc1ccc([N+](=O)[O-])cc1. The van der Waals surface area contributed by atoms with Gasteiger partial charge in [0.25, 0.3) is 5.69 Å². The summed E-state index contributed by atoms with van der Waals surface area (Å²) < 4.78 is 4.82. The molecule has 0 fully saturated rings. The van der Waals surface area contributed by atoms with Crippen molar-refractivity contribution in [1.29, 1.82) is 5.39 Å². The number of ether oxygens (including phenoxy) is 1. The van der Waals surface area contributed by atoms with Crippen molar-refractivity contribution in [3.63, 3.8) is 0 Å². The number of nitro groups is 1. The highest BCUT2D eigenvalue weighted by molar-refractivity contribution is 5.90. The fraction of sp³-hybridized carbons (Fsp3) is 0.250. The van der Waals surface area contributed by atoms with E-state index in [9.17, 15) is 20.0 Å². The number of carbonyl (C=O) groups excluding carboxylic acids is 1. The molecule has 0 aliphatic heterocycles. The van der Waals surface area contributed by atoms with E-state index in [0.717, 1.165) is 0 Å². The molecule has 0 spiro atoms. The number of aliphatic hydroxyl groups excluding tert-OH is 1. The summed E-state index contributed by atoms with van der Waals surface area (Å²) in [4.78, 5) is 24.1. The van der Waals surface area contributed by atoms with Crippen LogP contribution in [0.3, 0.4) is 0 Å². The molecular weight excluding hydrogens is 266 g/mol. The van der Waals surface area contributed by atoms with Crippen LogP contribution >= 0.6 is 0 Å². The van der Waals surface area contributed by atoms with E-state index in [-0.39, 0.29) is 24.5 Å². The molecule has 1 aromatic carbocycles. The number of aliphatic hydroxyl groups is 1. The molecule has 0 radical (unpaired) electrons. The second-order valence-electron chi connectivity index (χ2n) is 3.75. The Morgan fingerprint density at radius 3 is 2.50 bits per heavy atom. The summed E-state index contributed by atoms with van der Waals surface area (Å²) in [6.07, 6.45) is 0.117. The first-order valence-electron chi connectivity index (χ1n) is 5.67. The summed E-state index contributed by atoms with van der Waals surface area (Å²) in [5, 5.41) is 28.4. The molecule has 0 unspecified atom stereocenters. The van der Waals surface area contributed by atoms with Crippen molar-refractivity contribution in [1.82, 2.24) is 0 Å². The van der Waals surface area contributed by atoms with Gasteiger partial charge in [-0.15, -0.1) is 0 Å². The minimum Gasteiger partial charge on any atom is -0.505 e. The molecule has 8 nitrogen and oxygen atoms in total. The molecule has 1 rings (SSSR count). The topological polar surface area (TPSA) is 118 Å². The second-order valence-corrected chi connectivity index (χ2v) is 3.75. The van der Waals surface area contributed by atoms with E-state index in [0.29, 0.717) is 5.56 Å². The van der Waals surface area contributed by atoms with Crippen molar-refractivity contribution in [2.45, 2.75) is 20.0 Å². The normalized spacial score (nSPS) is 11.2. The first-order chi connectivity index (χ1) is 9.49. The number of hydrogen-bond donors (Lipinski definition) is 1. The highest BCUT2D eigenvalue weighted by Crippen LogP contribution is 2.14. The number of benzene rings is 1. The minimum atomic E-state index is -0.981. The zero-order valence-corrected chi connectivity index (χ0v) is 10.6. The first kappa shape index (κ1) is 15.1. The van der Waals surface area contributed by atoms with Crippen LogP contribution in [0.2, 0.25) is 0 Å². The summed E-state index contributed by atoms with van der Waals surface area (Å²) >= 11 is 0. The summed E-state index contributed by atoms with van der Waals surface area (Å²) in [6, 6.07) is 5.43. The molecular formula is C12H12N3O5+. The van der Waals surface area contributed by atoms with Crippen LogP contribution < -0.4 is 0 Å². The van der Waals surface area contributed by atoms with Gasteiger partial charge >= 0.3 is 11.7 Å². The van der Waals surface area contributed by atoms with Crippen molar-refractivity contribution in [3.8, 4) is 0 Å². The van der Waals surface area contributed by atoms with Gasteiger partial charge in [0.15, 0.2) is 10.7 Å². The van der Waals surface area contributed by atoms with Gasteiger partial charge in [-0.25, -0.2) is 4.79 Å². The van der Waals surface area contributed by atoms with Crippen molar-refractivity contribution in [2.24, 2.45) is 0 Å². The number of rotatable bonds is 5. The lowest BCUT2D eigenvalue weighted by Gasteiger charge is -2.01. The second kappa shape index (κ2) is 6.84. The molecule has 0 saturated carbocycles. The smallest absolute Gasteiger partial charge is 0.505 e. The lowest BCUT2D eigenvalue weighted by atomic mass is 10.2. The molecule has 0 aliphatic rings. The van der Waals surface area contributed by atoms with Gasteiger partial charge in [-0.1, -0.05) is 6.92 Å². The number of esters is 1. The summed E-state index contributed by atoms with van der Waals surface area (Å²) in [6.45, 7) is 1.41. The monoisotopic (exact) mass is 278 g/mol. The summed E-state index contributed by atoms with van der Waals surface area (Å²) in [5.41, 5.74) is -0.110. The predicted molar refractivity (Wildman–Crippen MR) is 67.9 cm³/mol. The predicted octanol–water partition coefficient (Wildman–Crippen LogP) is 2.67. The zero-order chi connectivity index (χ0) is 15.1. The molecule has 104 valence electrons. The molecule has 1 N–H and O–H groups in total. The lowest BCUT2D eigenvalue weighted by molar-refractivity contribution is -0.384. The number of allylic oxidation sites excluding steroid dienone is 1. The third-order valence-electron chi connectivity index (χ3n) is 2.42. The maximum atomic E-state index is 11.5. The van der Waals surface area contributed by atoms with E-state index >= 15 is 0 Å². The molecule has 0 atom stereocenters. The lowest BCUT2D eigenvalue weighted by Crippen LogP contribution is -2.08. The van der Waals surface area contributed by atoms with Gasteiger partial charge in [0.05, 0.1) is 4.92 Å². The van der Waals surface area contributed by atoms with Crippen LogP contribution in [-0.4, -0.2) is 16.0 Å². The van der Waals surface area contributed by atoms with E-state index in [1.807, 2.05) is 0 Å². The Bertz CT molecular complexity index is 586. The standard InChI is InChI=1S/C12H11N3O5/c1-2-10(16)11(14-13)12(17)20-7-8-3-5-9(6-4-8)15(18)19/h3-6H,2,7H2,1H3/p+1. The van der Waals surface area contributed by atoms with Crippen LogP contribution in [0, 0.1) is 15.5 Å². The number of carbonyl (C=O) groups is 1. The number of nitro benzene ring substituents is 1. The van der Waals surface area contributed by atoms with Crippen molar-refractivity contribution >= 4 is 11.7 Å². The third kappa shape index (κ3) is 3.78. The van der Waals surface area contributed by atoms with Gasteiger partial charge < -0.3 is 9.84 Å². The fourth-order valence-corrected chi connectivity index (χ4v) is 1.31. The molecule has 0 amide bonds. The van der Waals surface area contributed by atoms with Gasteiger partial charge in [-0.3, -0.25) is 10.1 Å². The van der Waals surface area contributed by atoms with Gasteiger partial charge in [0, 0.05) is 18.6 Å². The average molecular weight is 278 g/mol. The highest BCUT2D eigenvalue weighted by atomic mass is 16.6. The molecule has 1 aromatic rings. The maximum absolute atomic E-state index is 11.5. The van der Waals surface area contributed by atoms with Crippen molar-refractivity contribution in [3.05, 3.63) is 56.4 Å². The van der Waals surface area contributed by atoms with Gasteiger partial charge in [-0.05, 0) is 17.7 Å². The molecule has 8 heteroatoms. The Balaban J connectivity index is 2.70. The Morgan fingerprint density at radius 2 is 2.05 bits per heavy atom. The van der Waals surface area contributed by atoms with Gasteiger partial charge in [0.2, 0.25) is 5.39 Å².